The van der Waals surface area contributed by atoms with E-state index in [1.807, 2.05) is 12.1 Å². The lowest BCUT2D eigenvalue weighted by atomic mass is 10.1. The molecule has 3 nitrogen and oxygen atoms in total. The SMILES string of the molecule is CN(Cc1cccc(O)c1)CC1CCCN1C. The first-order chi connectivity index (χ1) is 8.15. The first kappa shape index (κ1) is 12.4. The highest BCUT2D eigenvalue weighted by Gasteiger charge is 2.21. The van der Waals surface area contributed by atoms with Gasteiger partial charge < -0.3 is 14.9 Å². The Balaban J connectivity index is 1.86. The number of aromatic hydroxyl groups is 1. The van der Waals surface area contributed by atoms with Gasteiger partial charge in [-0.3, -0.25) is 0 Å². The zero-order chi connectivity index (χ0) is 12.3. The molecule has 2 rings (SSSR count). The molecule has 0 aliphatic carbocycles. The average Bonchev–Trinajstić information content (AvgIpc) is 2.64. The van der Waals surface area contributed by atoms with Crippen molar-refractivity contribution in [1.29, 1.82) is 0 Å². The molecular formula is C14H22N2O. The summed E-state index contributed by atoms with van der Waals surface area (Å²) < 4.78 is 0. The Kier molecular flexibility index (Phi) is 4.02. The second kappa shape index (κ2) is 5.52. The summed E-state index contributed by atoms with van der Waals surface area (Å²) in [6.07, 6.45) is 2.63. The van der Waals surface area contributed by atoms with E-state index in [0.717, 1.165) is 13.1 Å². The number of phenolic OH excluding ortho intramolecular Hbond substituents is 1. The van der Waals surface area contributed by atoms with Gasteiger partial charge in [0, 0.05) is 19.1 Å². The monoisotopic (exact) mass is 234 g/mol. The lowest BCUT2D eigenvalue weighted by Crippen LogP contribution is -2.36. The molecule has 1 aliphatic heterocycles. The highest BCUT2D eigenvalue weighted by atomic mass is 16.3. The minimum atomic E-state index is 0.355. The summed E-state index contributed by atoms with van der Waals surface area (Å²) in [6, 6.07) is 8.22. The van der Waals surface area contributed by atoms with E-state index in [9.17, 15) is 5.11 Å². The standard InChI is InChI=1S/C14H22N2O/c1-15(11-13-6-4-8-16(13)2)10-12-5-3-7-14(17)9-12/h3,5,7,9,13,17H,4,6,8,10-11H2,1-2H3. The summed E-state index contributed by atoms with van der Waals surface area (Å²) in [5.41, 5.74) is 1.17. The van der Waals surface area contributed by atoms with Crippen LogP contribution in [-0.4, -0.2) is 48.1 Å². The highest BCUT2D eigenvalue weighted by Crippen LogP contribution is 2.17. The minimum Gasteiger partial charge on any atom is -0.508 e. The van der Waals surface area contributed by atoms with Crippen LogP contribution in [0.5, 0.6) is 5.75 Å². The Labute approximate surface area is 104 Å². The summed E-state index contributed by atoms with van der Waals surface area (Å²) in [4.78, 5) is 4.78. The molecule has 1 saturated heterocycles. The quantitative estimate of drug-likeness (QED) is 0.862. The predicted octanol–water partition coefficient (Wildman–Crippen LogP) is 1.92. The normalized spacial score (nSPS) is 21.2. The van der Waals surface area contributed by atoms with Gasteiger partial charge in [-0.15, -0.1) is 0 Å². The molecule has 0 amide bonds. The Bertz CT molecular complexity index is 367. The third-order valence-corrected chi connectivity index (χ3v) is 3.56. The molecule has 1 unspecified atom stereocenters. The molecule has 1 heterocycles. The first-order valence-corrected chi connectivity index (χ1v) is 6.32. The van der Waals surface area contributed by atoms with Crippen molar-refractivity contribution < 1.29 is 5.11 Å². The molecule has 1 aromatic rings. The van der Waals surface area contributed by atoms with E-state index in [2.05, 4.69) is 30.0 Å². The van der Waals surface area contributed by atoms with Crippen LogP contribution < -0.4 is 0 Å². The van der Waals surface area contributed by atoms with Gasteiger partial charge in [-0.05, 0) is 51.2 Å². The molecule has 1 aliphatic rings. The number of hydrogen-bond acceptors (Lipinski definition) is 3. The fourth-order valence-corrected chi connectivity index (χ4v) is 2.60. The van der Waals surface area contributed by atoms with Crippen molar-refractivity contribution in [3.8, 4) is 5.75 Å². The van der Waals surface area contributed by atoms with E-state index in [4.69, 9.17) is 0 Å². The molecule has 0 spiro atoms. The third kappa shape index (κ3) is 3.45. The summed E-state index contributed by atoms with van der Waals surface area (Å²) in [5.74, 6) is 0.355. The van der Waals surface area contributed by atoms with E-state index in [1.165, 1.54) is 24.9 Å². The average molecular weight is 234 g/mol. The maximum Gasteiger partial charge on any atom is 0.115 e. The van der Waals surface area contributed by atoms with E-state index in [0.29, 0.717) is 11.8 Å². The Hall–Kier alpha value is -1.06. The maximum absolute atomic E-state index is 9.43. The van der Waals surface area contributed by atoms with Gasteiger partial charge in [-0.25, -0.2) is 0 Å². The van der Waals surface area contributed by atoms with Crippen molar-refractivity contribution >= 4 is 0 Å². The van der Waals surface area contributed by atoms with Crippen molar-refractivity contribution in [3.05, 3.63) is 29.8 Å². The van der Waals surface area contributed by atoms with Crippen LogP contribution in [0, 0.1) is 0 Å². The lowest BCUT2D eigenvalue weighted by molar-refractivity contribution is 0.215. The molecule has 3 heteroatoms. The summed E-state index contributed by atoms with van der Waals surface area (Å²) in [6.45, 7) is 3.23. The Morgan fingerprint density at radius 2 is 2.29 bits per heavy atom. The largest absolute Gasteiger partial charge is 0.508 e. The third-order valence-electron chi connectivity index (χ3n) is 3.56. The summed E-state index contributed by atoms with van der Waals surface area (Å²) in [7, 11) is 4.36. The van der Waals surface area contributed by atoms with Crippen LogP contribution in [-0.2, 0) is 6.54 Å². The molecule has 0 aromatic heterocycles. The van der Waals surface area contributed by atoms with Crippen LogP contribution in [0.15, 0.2) is 24.3 Å². The predicted molar refractivity (Wildman–Crippen MR) is 70.1 cm³/mol. The van der Waals surface area contributed by atoms with E-state index in [-0.39, 0.29) is 0 Å². The van der Waals surface area contributed by atoms with Gasteiger partial charge in [0.25, 0.3) is 0 Å². The number of likely N-dealkylation sites (tertiary alicyclic amines) is 1. The zero-order valence-electron chi connectivity index (χ0n) is 10.8. The van der Waals surface area contributed by atoms with Gasteiger partial charge >= 0.3 is 0 Å². The van der Waals surface area contributed by atoms with Gasteiger partial charge in [0.05, 0.1) is 0 Å². The maximum atomic E-state index is 9.43. The fourth-order valence-electron chi connectivity index (χ4n) is 2.60. The lowest BCUT2D eigenvalue weighted by Gasteiger charge is -2.25. The minimum absolute atomic E-state index is 0.355. The van der Waals surface area contributed by atoms with Gasteiger partial charge in [-0.2, -0.15) is 0 Å². The van der Waals surface area contributed by atoms with Gasteiger partial charge in [-0.1, -0.05) is 12.1 Å². The second-order valence-electron chi connectivity index (χ2n) is 5.14. The summed E-state index contributed by atoms with van der Waals surface area (Å²) in [5, 5.41) is 9.43. The Morgan fingerprint density at radius 3 is 2.94 bits per heavy atom. The number of benzene rings is 1. The molecule has 94 valence electrons. The van der Waals surface area contributed by atoms with Crippen molar-refractivity contribution in [2.75, 3.05) is 27.2 Å². The van der Waals surface area contributed by atoms with Crippen LogP contribution in [0.3, 0.4) is 0 Å². The number of phenols is 1. The van der Waals surface area contributed by atoms with Gasteiger partial charge in [0.15, 0.2) is 0 Å². The van der Waals surface area contributed by atoms with Crippen LogP contribution in [0.25, 0.3) is 0 Å². The molecule has 1 N–H and O–H groups in total. The smallest absolute Gasteiger partial charge is 0.115 e. The highest BCUT2D eigenvalue weighted by molar-refractivity contribution is 5.26. The molecule has 1 fully saturated rings. The van der Waals surface area contributed by atoms with Crippen LogP contribution >= 0.6 is 0 Å². The van der Waals surface area contributed by atoms with Crippen molar-refractivity contribution in [3.63, 3.8) is 0 Å². The van der Waals surface area contributed by atoms with Crippen LogP contribution in [0.4, 0.5) is 0 Å². The van der Waals surface area contributed by atoms with Crippen molar-refractivity contribution in [2.45, 2.75) is 25.4 Å². The number of rotatable bonds is 4. The molecular weight excluding hydrogens is 212 g/mol. The number of hydrogen-bond donors (Lipinski definition) is 1. The van der Waals surface area contributed by atoms with Gasteiger partial charge in [0.2, 0.25) is 0 Å². The molecule has 0 bridgehead atoms. The van der Waals surface area contributed by atoms with E-state index < -0.39 is 0 Å². The van der Waals surface area contributed by atoms with Gasteiger partial charge in [0.1, 0.15) is 5.75 Å². The van der Waals surface area contributed by atoms with E-state index in [1.54, 1.807) is 6.07 Å². The second-order valence-corrected chi connectivity index (χ2v) is 5.14. The van der Waals surface area contributed by atoms with Crippen molar-refractivity contribution in [1.82, 2.24) is 9.80 Å². The number of likely N-dealkylation sites (N-methyl/N-ethyl adjacent to an activating group) is 2. The number of nitrogens with zero attached hydrogens (tertiary/aromatic N) is 2. The molecule has 1 aromatic carbocycles. The molecule has 0 radical (unpaired) electrons. The first-order valence-electron chi connectivity index (χ1n) is 6.32. The molecule has 17 heavy (non-hydrogen) atoms. The molecule has 0 saturated carbocycles. The van der Waals surface area contributed by atoms with E-state index >= 15 is 0 Å². The Morgan fingerprint density at radius 1 is 1.47 bits per heavy atom. The molecule has 1 atom stereocenters. The van der Waals surface area contributed by atoms with Crippen molar-refractivity contribution in [2.24, 2.45) is 0 Å². The topological polar surface area (TPSA) is 26.7 Å². The summed E-state index contributed by atoms with van der Waals surface area (Å²) >= 11 is 0. The van der Waals surface area contributed by atoms with Crippen LogP contribution in [0.1, 0.15) is 18.4 Å². The zero-order valence-corrected chi connectivity index (χ0v) is 10.8. The fraction of sp³-hybridized carbons (Fsp3) is 0.571. The van der Waals surface area contributed by atoms with Crippen LogP contribution in [0.2, 0.25) is 0 Å².